The van der Waals surface area contributed by atoms with Crippen molar-refractivity contribution >= 4 is 29.1 Å². The van der Waals surface area contributed by atoms with Crippen LogP contribution in [-0.2, 0) is 11.2 Å². The summed E-state index contributed by atoms with van der Waals surface area (Å²) in [6, 6.07) is 7.34. The number of aryl methyl sites for hydroxylation is 1. The fourth-order valence-electron chi connectivity index (χ4n) is 1.99. The maximum atomic E-state index is 12.1. The van der Waals surface area contributed by atoms with Crippen molar-refractivity contribution in [1.29, 1.82) is 0 Å². The molecule has 2 aromatic rings. The molecule has 0 aliphatic heterocycles. The molecule has 0 aliphatic rings. The number of aromatic nitrogens is 2. The number of carbonyl (C=O) groups excluding carboxylic acids is 2. The van der Waals surface area contributed by atoms with E-state index in [1.54, 1.807) is 31.2 Å². The van der Waals surface area contributed by atoms with Gasteiger partial charge in [0.25, 0.3) is 5.91 Å². The van der Waals surface area contributed by atoms with Crippen LogP contribution in [-0.4, -0.2) is 22.0 Å². The third-order valence-corrected chi connectivity index (χ3v) is 3.69. The third kappa shape index (κ3) is 10.3. The molecular formula is C22H31ClN4O2. The quantitative estimate of drug-likeness (QED) is 0.540. The van der Waals surface area contributed by atoms with E-state index in [1.165, 1.54) is 6.20 Å². The van der Waals surface area contributed by atoms with Gasteiger partial charge in [-0.25, -0.2) is 0 Å². The number of amides is 2. The molecule has 2 rings (SSSR count). The number of rotatable bonds is 6. The maximum Gasteiger partial charge on any atom is 0.275 e. The second kappa shape index (κ2) is 15.1. The molecule has 0 radical (unpaired) electrons. The van der Waals surface area contributed by atoms with Gasteiger partial charge in [-0.2, -0.15) is 5.10 Å². The van der Waals surface area contributed by atoms with E-state index in [-0.39, 0.29) is 17.5 Å². The van der Waals surface area contributed by atoms with Crippen LogP contribution < -0.4 is 10.6 Å². The highest BCUT2D eigenvalue weighted by molar-refractivity contribution is 6.30. The fraction of sp³-hybridized carbons (Fsp3) is 0.318. The Labute approximate surface area is 178 Å². The van der Waals surface area contributed by atoms with Gasteiger partial charge < -0.3 is 10.6 Å². The zero-order valence-corrected chi connectivity index (χ0v) is 18.6. The van der Waals surface area contributed by atoms with E-state index >= 15 is 0 Å². The first-order valence-electron chi connectivity index (χ1n) is 9.50. The number of hydrogen-bond acceptors (Lipinski definition) is 3. The van der Waals surface area contributed by atoms with Crippen molar-refractivity contribution in [1.82, 2.24) is 15.5 Å². The minimum Gasteiger partial charge on any atom is -0.325 e. The second-order valence-electron chi connectivity index (χ2n) is 5.67. The van der Waals surface area contributed by atoms with Gasteiger partial charge in [-0.15, -0.1) is 6.58 Å². The van der Waals surface area contributed by atoms with Crippen LogP contribution in [0.3, 0.4) is 0 Å². The Balaban J connectivity index is 0.00000143. The molecule has 3 N–H and O–H groups in total. The molecule has 0 unspecified atom stereocenters. The second-order valence-corrected chi connectivity index (χ2v) is 6.10. The largest absolute Gasteiger partial charge is 0.325 e. The third-order valence-electron chi connectivity index (χ3n) is 3.44. The zero-order chi connectivity index (χ0) is 22.2. The molecule has 0 fully saturated rings. The smallest absolute Gasteiger partial charge is 0.275 e. The molecule has 1 heterocycles. The van der Waals surface area contributed by atoms with Crippen molar-refractivity contribution in [2.45, 2.75) is 47.5 Å². The van der Waals surface area contributed by atoms with E-state index in [4.69, 9.17) is 11.6 Å². The number of benzene rings is 1. The topological polar surface area (TPSA) is 86.9 Å². The van der Waals surface area contributed by atoms with Gasteiger partial charge in [0.15, 0.2) is 0 Å². The minimum absolute atomic E-state index is 0.192. The molecule has 1 aromatic heterocycles. The van der Waals surface area contributed by atoms with Gasteiger partial charge in [0, 0.05) is 17.1 Å². The number of hydrogen-bond donors (Lipinski definition) is 3. The standard InChI is InChI=1S/C17H19ClN4O2.C3H6.C2H6/c1-3-11(2)20-17(24)16-14(10-19-22-16)21-15(23)9-6-12-4-7-13(18)8-5-12;1-3-2;1-2/h3-5,7-8,10H,6,9H2,1-2H3,(H,19,22)(H,20,24)(H,21,23);3H,1H2,2H3;1-2H3/b11-3+;;. The summed E-state index contributed by atoms with van der Waals surface area (Å²) >= 11 is 5.83. The Morgan fingerprint density at radius 1 is 1.21 bits per heavy atom. The number of nitrogens with one attached hydrogen (secondary N) is 3. The minimum atomic E-state index is -0.351. The summed E-state index contributed by atoms with van der Waals surface area (Å²) < 4.78 is 0. The molecule has 0 saturated heterocycles. The van der Waals surface area contributed by atoms with E-state index in [1.807, 2.05) is 39.8 Å². The van der Waals surface area contributed by atoms with Crippen LogP contribution in [0.15, 0.2) is 54.9 Å². The molecule has 0 spiro atoms. The molecule has 0 saturated carbocycles. The summed E-state index contributed by atoms with van der Waals surface area (Å²) in [4.78, 5) is 24.2. The lowest BCUT2D eigenvalue weighted by Crippen LogP contribution is -2.23. The number of aromatic amines is 1. The molecular weight excluding hydrogens is 388 g/mol. The number of allylic oxidation sites excluding steroid dienone is 3. The number of nitrogens with zero attached hydrogens (tertiary/aromatic N) is 1. The molecule has 158 valence electrons. The van der Waals surface area contributed by atoms with Gasteiger partial charge in [0.1, 0.15) is 5.69 Å². The highest BCUT2D eigenvalue weighted by Gasteiger charge is 2.16. The van der Waals surface area contributed by atoms with E-state index in [9.17, 15) is 9.59 Å². The lowest BCUT2D eigenvalue weighted by Gasteiger charge is -2.07. The molecule has 0 aliphatic carbocycles. The average Bonchev–Trinajstić information content (AvgIpc) is 3.17. The summed E-state index contributed by atoms with van der Waals surface area (Å²) in [7, 11) is 0. The number of H-pyrrole nitrogens is 1. The first kappa shape index (κ1) is 26.1. The Morgan fingerprint density at radius 2 is 1.79 bits per heavy atom. The highest BCUT2D eigenvalue weighted by atomic mass is 35.5. The van der Waals surface area contributed by atoms with E-state index in [2.05, 4.69) is 27.4 Å². The van der Waals surface area contributed by atoms with Crippen molar-refractivity contribution in [3.63, 3.8) is 0 Å². The van der Waals surface area contributed by atoms with Crippen LogP contribution in [0.4, 0.5) is 5.69 Å². The molecule has 6 nitrogen and oxygen atoms in total. The van der Waals surface area contributed by atoms with E-state index in [0.29, 0.717) is 23.6 Å². The van der Waals surface area contributed by atoms with Crippen LogP contribution >= 0.6 is 11.6 Å². The monoisotopic (exact) mass is 418 g/mol. The molecule has 7 heteroatoms. The van der Waals surface area contributed by atoms with E-state index in [0.717, 1.165) is 11.3 Å². The molecule has 0 atom stereocenters. The van der Waals surface area contributed by atoms with E-state index < -0.39 is 0 Å². The Hall–Kier alpha value is -2.86. The normalized spacial score (nSPS) is 9.93. The van der Waals surface area contributed by atoms with Gasteiger partial charge in [0.2, 0.25) is 5.91 Å². The van der Waals surface area contributed by atoms with Gasteiger partial charge in [-0.3, -0.25) is 14.7 Å². The lowest BCUT2D eigenvalue weighted by atomic mass is 10.1. The Bertz CT molecular complexity index is 795. The summed E-state index contributed by atoms with van der Waals surface area (Å²) in [5.41, 5.74) is 2.31. The van der Waals surface area contributed by atoms with Gasteiger partial charge >= 0.3 is 0 Å². The summed E-state index contributed by atoms with van der Waals surface area (Å²) in [5, 5.41) is 12.5. The number of halogens is 1. The number of carbonyl (C=O) groups is 2. The lowest BCUT2D eigenvalue weighted by molar-refractivity contribution is -0.116. The van der Waals surface area contributed by atoms with Crippen LogP contribution in [0.2, 0.25) is 5.02 Å². The van der Waals surface area contributed by atoms with Gasteiger partial charge in [0.05, 0.1) is 11.9 Å². The molecule has 2 amide bonds. The van der Waals surface area contributed by atoms with Crippen molar-refractivity contribution in [2.24, 2.45) is 0 Å². The molecule has 1 aromatic carbocycles. The summed E-state index contributed by atoms with van der Waals surface area (Å²) in [6.45, 7) is 12.8. The highest BCUT2D eigenvalue weighted by Crippen LogP contribution is 2.14. The van der Waals surface area contributed by atoms with Crippen molar-refractivity contribution in [3.05, 3.63) is 71.2 Å². The van der Waals surface area contributed by atoms with Crippen LogP contribution in [0.5, 0.6) is 0 Å². The van der Waals surface area contributed by atoms with Crippen LogP contribution in [0, 0.1) is 0 Å². The van der Waals surface area contributed by atoms with Crippen molar-refractivity contribution in [2.75, 3.05) is 5.32 Å². The Kier molecular flexibility index (Phi) is 13.6. The van der Waals surface area contributed by atoms with Crippen LogP contribution in [0.25, 0.3) is 0 Å². The Morgan fingerprint density at radius 3 is 2.34 bits per heavy atom. The first-order valence-corrected chi connectivity index (χ1v) is 9.88. The van der Waals surface area contributed by atoms with Crippen molar-refractivity contribution < 1.29 is 9.59 Å². The molecule has 29 heavy (non-hydrogen) atoms. The predicted molar refractivity (Wildman–Crippen MR) is 121 cm³/mol. The SMILES string of the molecule is C/C=C(\C)NC(=O)c1[nH]ncc1NC(=O)CCc1ccc(Cl)cc1.C=CC.CC. The van der Waals surface area contributed by atoms with Crippen LogP contribution in [0.1, 0.15) is 57.1 Å². The van der Waals surface area contributed by atoms with Gasteiger partial charge in [-0.05, 0) is 44.9 Å². The summed E-state index contributed by atoms with van der Waals surface area (Å²) in [5.74, 6) is -0.542. The van der Waals surface area contributed by atoms with Gasteiger partial charge in [-0.1, -0.05) is 49.7 Å². The average molecular weight is 419 g/mol. The fourth-order valence-corrected chi connectivity index (χ4v) is 2.12. The zero-order valence-electron chi connectivity index (χ0n) is 17.8. The maximum absolute atomic E-state index is 12.1. The number of anilines is 1. The summed E-state index contributed by atoms with van der Waals surface area (Å²) in [6.07, 6.45) is 5.82. The predicted octanol–water partition coefficient (Wildman–Crippen LogP) is 5.51. The first-order chi connectivity index (χ1) is 13.9. The van der Waals surface area contributed by atoms with Crippen molar-refractivity contribution in [3.8, 4) is 0 Å². The molecule has 0 bridgehead atoms.